The summed E-state index contributed by atoms with van der Waals surface area (Å²) in [7, 11) is 0. The standard InChI is InChI=1S/C13H26N2O2S/c1-10-9-17-11(8-16)7-15(10)6-4-5-13(2,3)12(14)18/h10-11,16H,4-9H2,1-3H3,(H2,14,18). The number of nitrogens with zero attached hydrogens (tertiary/aromatic N) is 1. The molecular weight excluding hydrogens is 248 g/mol. The van der Waals surface area contributed by atoms with E-state index in [1.165, 1.54) is 0 Å². The van der Waals surface area contributed by atoms with E-state index >= 15 is 0 Å². The molecule has 0 aromatic rings. The zero-order chi connectivity index (χ0) is 13.8. The number of morpholine rings is 1. The molecule has 1 fully saturated rings. The summed E-state index contributed by atoms with van der Waals surface area (Å²) in [6.07, 6.45) is 2.02. The summed E-state index contributed by atoms with van der Waals surface area (Å²) >= 11 is 5.07. The second kappa shape index (κ2) is 6.80. The van der Waals surface area contributed by atoms with Gasteiger partial charge in [-0.1, -0.05) is 26.1 Å². The van der Waals surface area contributed by atoms with Gasteiger partial charge in [0.2, 0.25) is 0 Å². The van der Waals surface area contributed by atoms with Crippen molar-refractivity contribution in [2.75, 3.05) is 26.3 Å². The van der Waals surface area contributed by atoms with Gasteiger partial charge >= 0.3 is 0 Å². The fraction of sp³-hybridized carbons (Fsp3) is 0.923. The highest BCUT2D eigenvalue weighted by Crippen LogP contribution is 2.23. The van der Waals surface area contributed by atoms with Crippen molar-refractivity contribution in [1.82, 2.24) is 4.90 Å². The molecule has 106 valence electrons. The summed E-state index contributed by atoms with van der Waals surface area (Å²) in [6.45, 7) is 8.96. The van der Waals surface area contributed by atoms with E-state index < -0.39 is 0 Å². The lowest BCUT2D eigenvalue weighted by molar-refractivity contribution is -0.0782. The van der Waals surface area contributed by atoms with Gasteiger partial charge in [-0.25, -0.2) is 0 Å². The first-order valence-corrected chi connectivity index (χ1v) is 7.04. The molecule has 0 aromatic heterocycles. The lowest BCUT2D eigenvalue weighted by Crippen LogP contribution is -2.49. The van der Waals surface area contributed by atoms with Crippen LogP contribution in [0.4, 0.5) is 0 Å². The third-order valence-electron chi connectivity index (χ3n) is 3.75. The molecule has 1 heterocycles. The molecule has 3 N–H and O–H groups in total. The fourth-order valence-electron chi connectivity index (χ4n) is 2.14. The first-order chi connectivity index (χ1) is 8.36. The Morgan fingerprint density at radius 2 is 2.22 bits per heavy atom. The Balaban J connectivity index is 2.35. The van der Waals surface area contributed by atoms with E-state index in [-0.39, 0.29) is 18.1 Å². The van der Waals surface area contributed by atoms with Gasteiger partial charge in [-0.15, -0.1) is 0 Å². The lowest BCUT2D eigenvalue weighted by Gasteiger charge is -2.38. The molecule has 0 saturated carbocycles. The number of thiocarbonyl (C=S) groups is 1. The molecule has 18 heavy (non-hydrogen) atoms. The molecule has 0 aromatic carbocycles. The zero-order valence-electron chi connectivity index (χ0n) is 11.7. The number of ether oxygens (including phenoxy) is 1. The Labute approximate surface area is 115 Å². The Morgan fingerprint density at radius 1 is 1.56 bits per heavy atom. The van der Waals surface area contributed by atoms with Crippen LogP contribution in [-0.2, 0) is 4.74 Å². The monoisotopic (exact) mass is 274 g/mol. The summed E-state index contributed by atoms with van der Waals surface area (Å²) in [4.78, 5) is 2.96. The molecule has 0 bridgehead atoms. The summed E-state index contributed by atoms with van der Waals surface area (Å²) in [5, 5.41) is 9.14. The number of hydrogen-bond acceptors (Lipinski definition) is 4. The maximum atomic E-state index is 9.14. The Hall–Kier alpha value is -0.230. The highest BCUT2D eigenvalue weighted by Gasteiger charge is 2.26. The maximum Gasteiger partial charge on any atom is 0.0933 e. The van der Waals surface area contributed by atoms with Crippen LogP contribution in [0.1, 0.15) is 33.6 Å². The van der Waals surface area contributed by atoms with Crippen LogP contribution in [0.3, 0.4) is 0 Å². The number of aliphatic hydroxyl groups is 1. The van der Waals surface area contributed by atoms with Crippen LogP contribution >= 0.6 is 12.2 Å². The Morgan fingerprint density at radius 3 is 2.78 bits per heavy atom. The summed E-state index contributed by atoms with van der Waals surface area (Å²) in [6, 6.07) is 0.417. The number of aliphatic hydroxyl groups excluding tert-OH is 1. The van der Waals surface area contributed by atoms with Gasteiger partial charge < -0.3 is 15.6 Å². The van der Waals surface area contributed by atoms with Crippen LogP contribution in [0.25, 0.3) is 0 Å². The van der Waals surface area contributed by atoms with Crippen molar-refractivity contribution in [1.29, 1.82) is 0 Å². The first-order valence-electron chi connectivity index (χ1n) is 6.63. The molecule has 0 amide bonds. The van der Waals surface area contributed by atoms with Gasteiger partial charge in [-0.05, 0) is 26.3 Å². The lowest BCUT2D eigenvalue weighted by atomic mass is 9.87. The molecule has 2 unspecified atom stereocenters. The van der Waals surface area contributed by atoms with Gasteiger partial charge in [0.25, 0.3) is 0 Å². The minimum Gasteiger partial charge on any atom is -0.394 e. The molecule has 1 rings (SSSR count). The van der Waals surface area contributed by atoms with Crippen molar-refractivity contribution >= 4 is 17.2 Å². The maximum absolute atomic E-state index is 9.14. The average Bonchev–Trinajstić information content (AvgIpc) is 2.31. The van der Waals surface area contributed by atoms with Crippen molar-refractivity contribution in [2.24, 2.45) is 11.1 Å². The number of nitrogens with two attached hydrogens (primary N) is 1. The van der Waals surface area contributed by atoms with Crippen molar-refractivity contribution in [2.45, 2.75) is 45.8 Å². The van der Waals surface area contributed by atoms with Crippen molar-refractivity contribution in [3.63, 3.8) is 0 Å². The summed E-state index contributed by atoms with van der Waals surface area (Å²) in [5.74, 6) is 0. The van der Waals surface area contributed by atoms with Gasteiger partial charge in [0.15, 0.2) is 0 Å². The molecule has 5 heteroatoms. The first kappa shape index (κ1) is 15.8. The highest BCUT2D eigenvalue weighted by atomic mass is 32.1. The van der Waals surface area contributed by atoms with Crippen LogP contribution in [0.2, 0.25) is 0 Å². The summed E-state index contributed by atoms with van der Waals surface area (Å²) in [5.41, 5.74) is 5.66. The normalized spacial score (nSPS) is 26.2. The Kier molecular flexibility index (Phi) is 5.98. The van der Waals surface area contributed by atoms with E-state index in [0.717, 1.165) is 25.9 Å². The van der Waals surface area contributed by atoms with Gasteiger partial charge in [0, 0.05) is 18.0 Å². The molecule has 1 aliphatic rings. The van der Waals surface area contributed by atoms with E-state index in [0.29, 0.717) is 17.6 Å². The largest absolute Gasteiger partial charge is 0.394 e. The molecule has 0 radical (unpaired) electrons. The molecule has 0 spiro atoms. The molecular formula is C13H26N2O2S. The van der Waals surface area contributed by atoms with Crippen molar-refractivity contribution in [3.05, 3.63) is 0 Å². The molecule has 0 aliphatic carbocycles. The minimum absolute atomic E-state index is 0.0372. The van der Waals surface area contributed by atoms with Crippen LogP contribution in [0, 0.1) is 5.41 Å². The molecule has 4 nitrogen and oxygen atoms in total. The predicted molar refractivity (Wildman–Crippen MR) is 77.7 cm³/mol. The topological polar surface area (TPSA) is 58.7 Å². The molecule has 1 saturated heterocycles. The third kappa shape index (κ3) is 4.46. The van der Waals surface area contributed by atoms with E-state index in [9.17, 15) is 0 Å². The van der Waals surface area contributed by atoms with Crippen LogP contribution in [0.5, 0.6) is 0 Å². The van der Waals surface area contributed by atoms with E-state index in [1.807, 2.05) is 0 Å². The van der Waals surface area contributed by atoms with Crippen molar-refractivity contribution in [3.8, 4) is 0 Å². The van der Waals surface area contributed by atoms with Gasteiger partial charge in [0.05, 0.1) is 24.3 Å². The predicted octanol–water partition coefficient (Wildman–Crippen LogP) is 1.16. The molecule has 1 aliphatic heterocycles. The second-order valence-corrected chi connectivity index (χ2v) is 6.27. The molecule has 2 atom stereocenters. The second-order valence-electron chi connectivity index (χ2n) is 5.83. The third-order valence-corrected chi connectivity index (χ3v) is 4.30. The zero-order valence-corrected chi connectivity index (χ0v) is 12.5. The Bertz CT molecular complexity index is 284. The van der Waals surface area contributed by atoms with Gasteiger partial charge in [0.1, 0.15) is 0 Å². The minimum atomic E-state index is -0.0682. The van der Waals surface area contributed by atoms with E-state index in [4.69, 9.17) is 27.8 Å². The van der Waals surface area contributed by atoms with Gasteiger partial charge in [-0.3, -0.25) is 4.90 Å². The van der Waals surface area contributed by atoms with E-state index in [1.54, 1.807) is 0 Å². The van der Waals surface area contributed by atoms with E-state index in [2.05, 4.69) is 25.7 Å². The summed E-state index contributed by atoms with van der Waals surface area (Å²) < 4.78 is 5.52. The van der Waals surface area contributed by atoms with Crippen LogP contribution < -0.4 is 5.73 Å². The van der Waals surface area contributed by atoms with Crippen LogP contribution in [0.15, 0.2) is 0 Å². The number of rotatable bonds is 6. The van der Waals surface area contributed by atoms with Gasteiger partial charge in [-0.2, -0.15) is 0 Å². The number of hydrogen-bond donors (Lipinski definition) is 2. The van der Waals surface area contributed by atoms with Crippen molar-refractivity contribution < 1.29 is 9.84 Å². The van der Waals surface area contributed by atoms with Crippen LogP contribution in [-0.4, -0.2) is 53.4 Å². The average molecular weight is 274 g/mol. The highest BCUT2D eigenvalue weighted by molar-refractivity contribution is 7.80. The fourth-order valence-corrected chi connectivity index (χ4v) is 2.25. The SMILES string of the molecule is CC1COC(CO)CN1CCCC(C)(C)C(N)=S. The smallest absolute Gasteiger partial charge is 0.0933 e. The quantitative estimate of drug-likeness (QED) is 0.712.